The Morgan fingerprint density at radius 3 is 2.38 bits per heavy atom. The van der Waals surface area contributed by atoms with E-state index >= 15 is 0 Å². The molecule has 1 fully saturated rings. The maximum absolute atomic E-state index is 13.3. The van der Waals surface area contributed by atoms with E-state index < -0.39 is 5.41 Å². The molecule has 3 aromatic rings. The minimum atomic E-state index is -0.499. The molecule has 196 valence electrons. The molecule has 0 bridgehead atoms. The number of hydrogen-bond donors (Lipinski definition) is 0. The van der Waals surface area contributed by atoms with Crippen LogP contribution in [0.5, 0.6) is 0 Å². The summed E-state index contributed by atoms with van der Waals surface area (Å²) in [7, 11) is 1.39. The van der Waals surface area contributed by atoms with E-state index in [1.165, 1.54) is 41.9 Å². The van der Waals surface area contributed by atoms with Gasteiger partial charge in [-0.25, -0.2) is 0 Å². The van der Waals surface area contributed by atoms with Crippen LogP contribution in [0.15, 0.2) is 66.7 Å². The van der Waals surface area contributed by atoms with Gasteiger partial charge in [-0.2, -0.15) is 0 Å². The van der Waals surface area contributed by atoms with Crippen molar-refractivity contribution in [3.8, 4) is 0 Å². The maximum atomic E-state index is 13.3. The first-order valence-corrected chi connectivity index (χ1v) is 13.8. The van der Waals surface area contributed by atoms with Gasteiger partial charge in [0.25, 0.3) is 0 Å². The van der Waals surface area contributed by atoms with E-state index in [1.54, 1.807) is 0 Å². The second-order valence-corrected chi connectivity index (χ2v) is 10.5. The number of ether oxygens (including phenoxy) is 2. The fraction of sp³-hybridized carbons (Fsp3) is 0.455. The lowest BCUT2D eigenvalue weighted by Gasteiger charge is -2.36. The summed E-state index contributed by atoms with van der Waals surface area (Å²) in [6.07, 6.45) is 7.18. The highest BCUT2D eigenvalue weighted by Gasteiger charge is 2.40. The molecular weight excluding hydrogens is 460 g/mol. The zero-order valence-corrected chi connectivity index (χ0v) is 22.3. The van der Waals surface area contributed by atoms with Gasteiger partial charge in [0.1, 0.15) is 5.78 Å². The van der Waals surface area contributed by atoms with Crippen LogP contribution >= 0.6 is 0 Å². The summed E-state index contributed by atoms with van der Waals surface area (Å²) >= 11 is 0. The van der Waals surface area contributed by atoms with Crippen molar-refractivity contribution < 1.29 is 19.1 Å². The summed E-state index contributed by atoms with van der Waals surface area (Å²) in [5, 5.41) is 2.69. The van der Waals surface area contributed by atoms with Crippen LogP contribution in [-0.4, -0.2) is 32.1 Å². The van der Waals surface area contributed by atoms with E-state index in [4.69, 9.17) is 9.47 Å². The predicted molar refractivity (Wildman–Crippen MR) is 149 cm³/mol. The molecular formula is C33H40O4. The summed E-state index contributed by atoms with van der Waals surface area (Å²) in [4.78, 5) is 24.8. The highest BCUT2D eigenvalue weighted by atomic mass is 16.5. The Balaban J connectivity index is 1.32. The number of carbonyl (C=O) groups is 2. The van der Waals surface area contributed by atoms with Crippen molar-refractivity contribution >= 4 is 22.5 Å². The molecule has 1 atom stereocenters. The summed E-state index contributed by atoms with van der Waals surface area (Å²) in [5.41, 5.74) is 3.36. The van der Waals surface area contributed by atoms with E-state index in [0.29, 0.717) is 44.8 Å². The molecule has 4 heteroatoms. The molecule has 0 unspecified atom stereocenters. The van der Waals surface area contributed by atoms with Crippen molar-refractivity contribution in [1.29, 1.82) is 0 Å². The number of methoxy groups -OCH3 is 1. The Morgan fingerprint density at radius 1 is 0.892 bits per heavy atom. The molecule has 0 saturated carbocycles. The Kier molecular flexibility index (Phi) is 9.51. The van der Waals surface area contributed by atoms with Crippen molar-refractivity contribution in [2.45, 2.75) is 76.0 Å². The minimum Gasteiger partial charge on any atom is -0.469 e. The summed E-state index contributed by atoms with van der Waals surface area (Å²) in [6, 6.07) is 24.0. The Hall–Kier alpha value is -2.98. The van der Waals surface area contributed by atoms with Crippen LogP contribution in [0, 0.1) is 0 Å². The van der Waals surface area contributed by atoms with Gasteiger partial charge in [-0.3, -0.25) is 9.59 Å². The minimum absolute atomic E-state index is 0.217. The molecule has 0 aromatic heterocycles. The first kappa shape index (κ1) is 27.1. The number of aryl methyl sites for hydroxylation is 1. The van der Waals surface area contributed by atoms with Gasteiger partial charge in [0.2, 0.25) is 0 Å². The van der Waals surface area contributed by atoms with Gasteiger partial charge < -0.3 is 9.47 Å². The second kappa shape index (κ2) is 13.0. The van der Waals surface area contributed by atoms with Crippen molar-refractivity contribution in [1.82, 2.24) is 0 Å². The molecule has 4 nitrogen and oxygen atoms in total. The van der Waals surface area contributed by atoms with Crippen molar-refractivity contribution in [3.05, 3.63) is 83.4 Å². The number of esters is 1. The summed E-state index contributed by atoms with van der Waals surface area (Å²) < 4.78 is 10.3. The first-order chi connectivity index (χ1) is 18.0. The monoisotopic (exact) mass is 500 g/mol. The van der Waals surface area contributed by atoms with E-state index in [0.717, 1.165) is 18.4 Å². The van der Waals surface area contributed by atoms with Crippen LogP contribution in [0.1, 0.15) is 80.9 Å². The average Bonchev–Trinajstić information content (AvgIpc) is 2.95. The van der Waals surface area contributed by atoms with Crippen LogP contribution in [0.2, 0.25) is 0 Å². The van der Waals surface area contributed by atoms with Gasteiger partial charge in [0, 0.05) is 26.1 Å². The molecule has 1 aliphatic heterocycles. The van der Waals surface area contributed by atoms with Gasteiger partial charge in [0.15, 0.2) is 0 Å². The normalized spacial score (nSPS) is 15.8. The topological polar surface area (TPSA) is 52.6 Å². The molecule has 1 heterocycles. The molecule has 0 amide bonds. The first-order valence-electron chi connectivity index (χ1n) is 13.8. The lowest BCUT2D eigenvalue weighted by Crippen LogP contribution is -2.41. The maximum Gasteiger partial charge on any atom is 0.305 e. The standard InChI is InChI=1S/C33H40O4/c1-25(29-14-7-12-27-11-5-6-13-30(27)29)9-3-4-10-26-17-19-28(20-18-26)33(21-23-37-24-22-33)31(34)15-8-16-32(35)36-2/h5-7,11-14,17-20,25H,3-4,8-10,15-16,21-24H2,1-2H3/t25-/m0/s1. The van der Waals surface area contributed by atoms with Crippen LogP contribution < -0.4 is 0 Å². The predicted octanol–water partition coefficient (Wildman–Crippen LogP) is 7.32. The number of Topliss-reactive ketones (excluding diaryl/α,β-unsaturated/α-hetero) is 1. The molecule has 0 N–H and O–H groups in total. The molecule has 0 radical (unpaired) electrons. The Labute approximate surface area is 221 Å². The van der Waals surface area contributed by atoms with Crippen molar-refractivity contribution in [3.63, 3.8) is 0 Å². The van der Waals surface area contributed by atoms with E-state index in [9.17, 15) is 9.59 Å². The van der Waals surface area contributed by atoms with Gasteiger partial charge >= 0.3 is 5.97 Å². The summed E-state index contributed by atoms with van der Waals surface area (Å²) in [5.74, 6) is 0.492. The molecule has 1 aliphatic rings. The molecule has 37 heavy (non-hydrogen) atoms. The fourth-order valence-corrected chi connectivity index (χ4v) is 5.79. The van der Waals surface area contributed by atoms with Crippen molar-refractivity contribution in [2.75, 3.05) is 20.3 Å². The molecule has 1 saturated heterocycles. The smallest absolute Gasteiger partial charge is 0.305 e. The number of hydrogen-bond acceptors (Lipinski definition) is 4. The van der Waals surface area contributed by atoms with Gasteiger partial charge in [-0.1, -0.05) is 80.1 Å². The van der Waals surface area contributed by atoms with E-state index in [1.807, 2.05) is 0 Å². The second-order valence-electron chi connectivity index (χ2n) is 10.5. The number of benzene rings is 3. The fourth-order valence-electron chi connectivity index (χ4n) is 5.79. The summed E-state index contributed by atoms with van der Waals surface area (Å²) in [6.45, 7) is 3.53. The number of ketones is 1. The number of fused-ring (bicyclic) bond motifs is 1. The van der Waals surface area contributed by atoms with Crippen LogP contribution in [0.25, 0.3) is 10.8 Å². The zero-order valence-electron chi connectivity index (χ0n) is 22.3. The molecule has 3 aromatic carbocycles. The van der Waals surface area contributed by atoms with Gasteiger partial charge in [-0.05, 0) is 71.9 Å². The van der Waals surface area contributed by atoms with Gasteiger partial charge in [0.05, 0.1) is 12.5 Å². The highest BCUT2D eigenvalue weighted by molar-refractivity contribution is 5.90. The van der Waals surface area contributed by atoms with Crippen LogP contribution in [0.4, 0.5) is 0 Å². The Bertz CT molecular complexity index is 1170. The van der Waals surface area contributed by atoms with E-state index in [2.05, 4.69) is 73.7 Å². The lowest BCUT2D eigenvalue weighted by molar-refractivity contribution is -0.140. The number of carbonyl (C=O) groups excluding carboxylic acids is 2. The highest BCUT2D eigenvalue weighted by Crippen LogP contribution is 2.37. The third-order valence-electron chi connectivity index (χ3n) is 8.11. The number of unbranched alkanes of at least 4 members (excludes halogenated alkanes) is 1. The van der Waals surface area contributed by atoms with E-state index in [-0.39, 0.29) is 18.2 Å². The van der Waals surface area contributed by atoms with Crippen LogP contribution in [-0.2, 0) is 30.9 Å². The third kappa shape index (κ3) is 6.67. The average molecular weight is 501 g/mol. The Morgan fingerprint density at radius 2 is 1.62 bits per heavy atom. The van der Waals surface area contributed by atoms with Crippen LogP contribution in [0.3, 0.4) is 0 Å². The van der Waals surface area contributed by atoms with Gasteiger partial charge in [-0.15, -0.1) is 0 Å². The SMILES string of the molecule is COC(=O)CCCC(=O)C1(c2ccc(CCCC[C@H](C)c3cccc4ccccc34)cc2)CCOCC1. The third-order valence-corrected chi connectivity index (χ3v) is 8.11. The molecule has 0 spiro atoms. The quantitative estimate of drug-likeness (QED) is 0.193. The van der Waals surface area contributed by atoms with Crippen molar-refractivity contribution in [2.24, 2.45) is 0 Å². The number of rotatable bonds is 12. The zero-order chi connectivity index (χ0) is 26.1. The molecule has 0 aliphatic carbocycles. The lowest BCUT2D eigenvalue weighted by atomic mass is 9.69. The largest absolute Gasteiger partial charge is 0.469 e. The molecule has 4 rings (SSSR count).